The molecular weight excluding hydrogens is 219 g/mol. The Morgan fingerprint density at radius 1 is 1.31 bits per heavy atom. The Labute approximate surface area is 90.7 Å². The summed E-state index contributed by atoms with van der Waals surface area (Å²) in [5, 5.41) is 0. The largest absolute Gasteiger partial charge is 0.416 e. The zero-order chi connectivity index (χ0) is 11.9. The molecule has 1 heterocycles. The first-order chi connectivity index (χ1) is 7.39. The molecule has 0 saturated carbocycles. The van der Waals surface area contributed by atoms with Gasteiger partial charge < -0.3 is 4.90 Å². The smallest absolute Gasteiger partial charge is 0.374 e. The molecule has 0 aliphatic carbocycles. The average Bonchev–Trinajstić information content (AvgIpc) is 2.22. The number of Topliss-reactive ketones (excluding diaryl/α,β-unsaturated/α-hetero) is 1. The highest BCUT2D eigenvalue weighted by Gasteiger charge is 2.32. The fraction of sp³-hybridized carbons (Fsp3) is 0.364. The topological polar surface area (TPSA) is 20.3 Å². The van der Waals surface area contributed by atoms with E-state index >= 15 is 0 Å². The lowest BCUT2D eigenvalue weighted by Gasteiger charge is -2.27. The number of alkyl halides is 3. The van der Waals surface area contributed by atoms with Gasteiger partial charge in [-0.05, 0) is 18.2 Å². The number of fused-ring (bicyclic) bond motifs is 1. The van der Waals surface area contributed by atoms with Gasteiger partial charge in [-0.15, -0.1) is 0 Å². The maximum Gasteiger partial charge on any atom is 0.416 e. The van der Waals surface area contributed by atoms with E-state index in [1.165, 1.54) is 6.07 Å². The Kier molecular flexibility index (Phi) is 2.40. The zero-order valence-electron chi connectivity index (χ0n) is 8.64. The molecule has 1 aliphatic heterocycles. The van der Waals surface area contributed by atoms with E-state index in [2.05, 4.69) is 0 Å². The third-order valence-electron chi connectivity index (χ3n) is 2.71. The van der Waals surface area contributed by atoms with Crippen LogP contribution in [0.25, 0.3) is 0 Å². The molecule has 0 atom stereocenters. The lowest BCUT2D eigenvalue weighted by molar-refractivity contribution is -0.137. The van der Waals surface area contributed by atoms with Gasteiger partial charge in [-0.2, -0.15) is 13.2 Å². The minimum atomic E-state index is -4.36. The van der Waals surface area contributed by atoms with Crippen molar-refractivity contribution in [3.05, 3.63) is 29.3 Å². The van der Waals surface area contributed by atoms with Gasteiger partial charge in [0.15, 0.2) is 5.78 Å². The molecule has 5 heteroatoms. The summed E-state index contributed by atoms with van der Waals surface area (Å²) in [4.78, 5) is 13.2. The highest BCUT2D eigenvalue weighted by atomic mass is 19.4. The van der Waals surface area contributed by atoms with Crippen LogP contribution >= 0.6 is 0 Å². The maximum absolute atomic E-state index is 12.5. The van der Waals surface area contributed by atoms with Gasteiger partial charge in [0.2, 0.25) is 0 Å². The number of halogens is 3. The fourth-order valence-electron chi connectivity index (χ4n) is 1.78. The molecule has 16 heavy (non-hydrogen) atoms. The van der Waals surface area contributed by atoms with Crippen molar-refractivity contribution in [2.45, 2.75) is 12.6 Å². The summed E-state index contributed by atoms with van der Waals surface area (Å²) in [5.74, 6) is -0.0955. The molecule has 86 valence electrons. The molecular formula is C11H10F3NO. The van der Waals surface area contributed by atoms with Crippen LogP contribution in [0.15, 0.2) is 18.2 Å². The summed E-state index contributed by atoms with van der Waals surface area (Å²) in [6.45, 7) is 0.465. The van der Waals surface area contributed by atoms with Gasteiger partial charge in [-0.25, -0.2) is 0 Å². The molecule has 0 amide bonds. The van der Waals surface area contributed by atoms with Crippen molar-refractivity contribution < 1.29 is 18.0 Å². The molecule has 0 fully saturated rings. The van der Waals surface area contributed by atoms with E-state index in [-0.39, 0.29) is 5.78 Å². The molecule has 0 bridgehead atoms. The number of hydrogen-bond donors (Lipinski definition) is 0. The van der Waals surface area contributed by atoms with E-state index in [0.717, 1.165) is 12.1 Å². The Morgan fingerprint density at radius 2 is 2.00 bits per heavy atom. The number of hydrogen-bond acceptors (Lipinski definition) is 2. The van der Waals surface area contributed by atoms with Crippen LogP contribution in [-0.2, 0) is 6.18 Å². The minimum absolute atomic E-state index is 0.0955. The molecule has 0 unspecified atom stereocenters. The van der Waals surface area contributed by atoms with Crippen LogP contribution in [-0.4, -0.2) is 19.4 Å². The molecule has 1 aliphatic rings. The molecule has 2 rings (SSSR count). The normalized spacial score (nSPS) is 16.2. The van der Waals surface area contributed by atoms with Gasteiger partial charge >= 0.3 is 6.18 Å². The summed E-state index contributed by atoms with van der Waals surface area (Å²) in [6, 6.07) is 3.25. The molecule has 0 radical (unpaired) electrons. The number of nitrogens with zero attached hydrogens (tertiary/aromatic N) is 1. The number of benzene rings is 1. The zero-order valence-corrected chi connectivity index (χ0v) is 8.64. The number of anilines is 1. The van der Waals surface area contributed by atoms with E-state index in [9.17, 15) is 18.0 Å². The Morgan fingerprint density at radius 3 is 2.62 bits per heavy atom. The predicted molar refractivity (Wildman–Crippen MR) is 53.7 cm³/mol. The van der Waals surface area contributed by atoms with Gasteiger partial charge in [0.25, 0.3) is 0 Å². The minimum Gasteiger partial charge on any atom is -0.374 e. The molecule has 0 saturated heterocycles. The molecule has 0 aromatic heterocycles. The van der Waals surface area contributed by atoms with Crippen molar-refractivity contribution in [3.63, 3.8) is 0 Å². The van der Waals surface area contributed by atoms with Crippen molar-refractivity contribution in [2.24, 2.45) is 0 Å². The van der Waals surface area contributed by atoms with Gasteiger partial charge in [-0.1, -0.05) is 0 Å². The van der Waals surface area contributed by atoms with E-state index in [0.29, 0.717) is 24.2 Å². The van der Waals surface area contributed by atoms with Crippen molar-refractivity contribution in [3.8, 4) is 0 Å². The fourth-order valence-corrected chi connectivity index (χ4v) is 1.78. The Bertz CT molecular complexity index is 439. The standard InChI is InChI=1S/C11H10F3NO/c1-15-5-4-10(16)8-3-2-7(6-9(8)15)11(12,13)14/h2-3,6H,4-5H2,1H3. The second-order valence-corrected chi connectivity index (χ2v) is 3.82. The molecule has 0 N–H and O–H groups in total. The van der Waals surface area contributed by atoms with Crippen molar-refractivity contribution >= 4 is 11.5 Å². The van der Waals surface area contributed by atoms with Crippen LogP contribution in [0, 0.1) is 0 Å². The number of carbonyl (C=O) groups excluding carboxylic acids is 1. The summed E-state index contributed by atoms with van der Waals surface area (Å²) >= 11 is 0. The van der Waals surface area contributed by atoms with Crippen LogP contribution in [0.5, 0.6) is 0 Å². The number of ketones is 1. The van der Waals surface area contributed by atoms with Gasteiger partial charge in [0.05, 0.1) is 5.56 Å². The van der Waals surface area contributed by atoms with Crippen LogP contribution in [0.4, 0.5) is 18.9 Å². The van der Waals surface area contributed by atoms with Crippen LogP contribution in [0.3, 0.4) is 0 Å². The summed E-state index contributed by atoms with van der Waals surface area (Å²) < 4.78 is 37.4. The van der Waals surface area contributed by atoms with Crippen LogP contribution in [0.2, 0.25) is 0 Å². The molecule has 0 spiro atoms. The molecule has 2 nitrogen and oxygen atoms in total. The number of carbonyl (C=O) groups is 1. The summed E-state index contributed by atoms with van der Waals surface area (Å²) in [5.41, 5.74) is 0.0284. The van der Waals surface area contributed by atoms with E-state index in [4.69, 9.17) is 0 Å². The first-order valence-electron chi connectivity index (χ1n) is 4.85. The second-order valence-electron chi connectivity index (χ2n) is 3.82. The second kappa shape index (κ2) is 3.50. The van der Waals surface area contributed by atoms with Gasteiger partial charge in [-0.3, -0.25) is 4.79 Å². The summed E-state index contributed by atoms with van der Waals surface area (Å²) in [6.07, 6.45) is -4.01. The SMILES string of the molecule is CN1CCC(=O)c2ccc(C(F)(F)F)cc21. The van der Waals surface area contributed by atoms with Gasteiger partial charge in [0.1, 0.15) is 0 Å². The molecule has 1 aromatic carbocycles. The van der Waals surface area contributed by atoms with E-state index in [1.807, 2.05) is 0 Å². The first kappa shape index (κ1) is 11.0. The predicted octanol–water partition coefficient (Wildman–Crippen LogP) is 2.73. The third-order valence-corrected chi connectivity index (χ3v) is 2.71. The average molecular weight is 229 g/mol. The highest BCUT2D eigenvalue weighted by molar-refractivity contribution is 6.03. The van der Waals surface area contributed by atoms with Crippen LogP contribution < -0.4 is 4.90 Å². The van der Waals surface area contributed by atoms with Crippen molar-refractivity contribution in [1.82, 2.24) is 0 Å². The quantitative estimate of drug-likeness (QED) is 0.681. The monoisotopic (exact) mass is 229 g/mol. The van der Waals surface area contributed by atoms with Crippen molar-refractivity contribution in [2.75, 3.05) is 18.5 Å². The molecule has 1 aromatic rings. The lowest BCUT2D eigenvalue weighted by Crippen LogP contribution is -2.28. The lowest BCUT2D eigenvalue weighted by atomic mass is 9.99. The van der Waals surface area contributed by atoms with Crippen LogP contribution in [0.1, 0.15) is 22.3 Å². The third kappa shape index (κ3) is 1.77. The van der Waals surface area contributed by atoms with E-state index in [1.54, 1.807) is 11.9 Å². The maximum atomic E-state index is 12.5. The summed E-state index contributed by atoms with van der Waals surface area (Å²) in [7, 11) is 1.69. The Balaban J connectivity index is 2.52. The first-order valence-corrected chi connectivity index (χ1v) is 4.85. The van der Waals surface area contributed by atoms with Gasteiger partial charge in [0, 0.05) is 31.3 Å². The highest BCUT2D eigenvalue weighted by Crippen LogP contribution is 2.34. The number of rotatable bonds is 0. The van der Waals surface area contributed by atoms with Crippen molar-refractivity contribution in [1.29, 1.82) is 0 Å². The Hall–Kier alpha value is -1.52. The van der Waals surface area contributed by atoms with E-state index < -0.39 is 11.7 Å².